The van der Waals surface area contributed by atoms with E-state index in [-0.39, 0.29) is 31.1 Å². The molecule has 3 aromatic rings. The lowest BCUT2D eigenvalue weighted by atomic mass is 10.1. The number of H-pyrrole nitrogens is 1. The fourth-order valence-corrected chi connectivity index (χ4v) is 5.02. The zero-order valence-electron chi connectivity index (χ0n) is 27.4. The third-order valence-corrected chi connectivity index (χ3v) is 7.40. The average Bonchev–Trinajstić information content (AvgIpc) is 3.76. The van der Waals surface area contributed by atoms with Crippen molar-refractivity contribution in [2.75, 3.05) is 47.0 Å². The van der Waals surface area contributed by atoms with Crippen LogP contribution in [0.3, 0.4) is 0 Å². The lowest BCUT2D eigenvalue weighted by Crippen LogP contribution is -2.49. The van der Waals surface area contributed by atoms with E-state index in [2.05, 4.69) is 42.5 Å². The van der Waals surface area contributed by atoms with Crippen molar-refractivity contribution < 1.29 is 23.9 Å². The molecule has 0 bridgehead atoms. The number of hydrogen-bond donors (Lipinski definition) is 4. The quantitative estimate of drug-likeness (QED) is 0.197. The number of hydrogen-bond acceptors (Lipinski definition) is 8. The second-order valence-corrected chi connectivity index (χ2v) is 11.0. The zero-order valence-corrected chi connectivity index (χ0v) is 27.4. The minimum atomic E-state index is -0.633. The van der Waals surface area contributed by atoms with Gasteiger partial charge in [-0.15, -0.1) is 0 Å². The molecule has 1 aliphatic heterocycles. The Kier molecular flexibility index (Phi) is 12.8. The Labute approximate surface area is 275 Å². The van der Waals surface area contributed by atoms with Gasteiger partial charge in [0.2, 0.25) is 11.8 Å². The number of carbonyl (C=O) groups is 3. The van der Waals surface area contributed by atoms with Crippen molar-refractivity contribution in [2.24, 2.45) is 0 Å². The van der Waals surface area contributed by atoms with Crippen LogP contribution < -0.4 is 16.0 Å². The first-order valence-corrected chi connectivity index (χ1v) is 15.7. The molecular formula is C35H43N7O5. The first kappa shape index (κ1) is 34.6. The number of aromatic amines is 1. The summed E-state index contributed by atoms with van der Waals surface area (Å²) < 4.78 is 9.56. The van der Waals surface area contributed by atoms with Crippen LogP contribution in [-0.2, 0) is 25.6 Å². The van der Waals surface area contributed by atoms with Gasteiger partial charge in [-0.1, -0.05) is 50.0 Å². The third kappa shape index (κ3) is 10.1. The fraction of sp³-hybridized carbons (Fsp3) is 0.371. The van der Waals surface area contributed by atoms with Gasteiger partial charge in [-0.05, 0) is 48.2 Å². The van der Waals surface area contributed by atoms with Crippen molar-refractivity contribution in [1.82, 2.24) is 35.7 Å². The molecule has 0 aliphatic carbocycles. The predicted octanol–water partition coefficient (Wildman–Crippen LogP) is 3.27. The molecule has 1 aliphatic rings. The van der Waals surface area contributed by atoms with Crippen LogP contribution in [0.4, 0.5) is 4.79 Å². The van der Waals surface area contributed by atoms with Gasteiger partial charge in [-0.25, -0.2) is 9.78 Å². The Balaban J connectivity index is 1.30. The summed E-state index contributed by atoms with van der Waals surface area (Å²) in [7, 11) is 2.78. The standard InChI is InChI=1S/C35H43N7O5/c1-5-17-41(33(43)21-38-35(45)47-4)22-31-36-19-29(39-31)27-13-9-25(10-14-27)7-8-26-11-15-28(16-12-26)30-20-37-32(40-30)23-42(18-6-2)34(44)24-46-3/h9-16,19-20,31,36,39H,5-6,17-18,21-24H2,1-4H3,(H,37,40)(H,38,45). The van der Waals surface area contributed by atoms with Gasteiger partial charge >= 0.3 is 6.09 Å². The van der Waals surface area contributed by atoms with E-state index >= 15 is 0 Å². The third-order valence-electron chi connectivity index (χ3n) is 7.40. The summed E-state index contributed by atoms with van der Waals surface area (Å²) in [6.45, 7) is 6.03. The second-order valence-electron chi connectivity index (χ2n) is 11.0. The smallest absolute Gasteiger partial charge is 0.407 e. The number of rotatable bonds is 14. The van der Waals surface area contributed by atoms with Crippen LogP contribution in [0.25, 0.3) is 17.0 Å². The van der Waals surface area contributed by atoms with E-state index in [4.69, 9.17) is 4.74 Å². The summed E-state index contributed by atoms with van der Waals surface area (Å²) in [6.07, 6.45) is 4.54. The minimum Gasteiger partial charge on any atom is -0.453 e. The lowest BCUT2D eigenvalue weighted by molar-refractivity contribution is -0.136. The number of alkyl carbamates (subject to hydrolysis) is 1. The summed E-state index contributed by atoms with van der Waals surface area (Å²) in [5, 5.41) is 9.17. The Morgan fingerprint density at radius 2 is 1.53 bits per heavy atom. The molecule has 1 aromatic heterocycles. The van der Waals surface area contributed by atoms with E-state index in [0.717, 1.165) is 52.3 Å². The molecule has 2 aromatic carbocycles. The Hall–Kier alpha value is -5.28. The molecule has 4 rings (SSSR count). The highest BCUT2D eigenvalue weighted by atomic mass is 16.5. The van der Waals surface area contributed by atoms with Gasteiger partial charge < -0.3 is 40.2 Å². The molecule has 0 saturated carbocycles. The SMILES string of the molecule is CCCN(Cc1ncc(-c2ccc(C#Cc3ccc(C4=CNC(CN(CCC)C(=O)CNC(=O)OC)N4)cc3)cc2)[nH]1)C(=O)COC. The molecule has 0 fully saturated rings. The minimum absolute atomic E-state index is 0.0523. The van der Waals surface area contributed by atoms with Crippen molar-refractivity contribution in [1.29, 1.82) is 0 Å². The number of nitrogens with one attached hydrogen (secondary N) is 4. The lowest BCUT2D eigenvalue weighted by Gasteiger charge is -2.26. The second kappa shape index (κ2) is 17.4. The van der Waals surface area contributed by atoms with Crippen molar-refractivity contribution in [3.05, 3.63) is 83.4 Å². The van der Waals surface area contributed by atoms with E-state index in [1.54, 1.807) is 16.0 Å². The monoisotopic (exact) mass is 641 g/mol. The van der Waals surface area contributed by atoms with Gasteiger partial charge in [0.1, 0.15) is 25.1 Å². The highest BCUT2D eigenvalue weighted by Crippen LogP contribution is 2.19. The fourth-order valence-electron chi connectivity index (χ4n) is 5.02. The maximum atomic E-state index is 12.6. The molecule has 12 heteroatoms. The van der Waals surface area contributed by atoms with Crippen molar-refractivity contribution in [2.45, 2.75) is 39.4 Å². The molecule has 12 nitrogen and oxygen atoms in total. The van der Waals surface area contributed by atoms with Gasteiger partial charge in [-0.3, -0.25) is 9.59 Å². The summed E-state index contributed by atoms with van der Waals surface area (Å²) in [5.74, 6) is 6.93. The van der Waals surface area contributed by atoms with Crippen LogP contribution in [0.15, 0.2) is 60.9 Å². The number of nitrogens with zero attached hydrogens (tertiary/aromatic N) is 3. The topological polar surface area (TPSA) is 141 Å². The highest BCUT2D eigenvalue weighted by molar-refractivity contribution is 5.82. The largest absolute Gasteiger partial charge is 0.453 e. The van der Waals surface area contributed by atoms with Gasteiger partial charge in [-0.2, -0.15) is 0 Å². The van der Waals surface area contributed by atoms with Gasteiger partial charge in [0.25, 0.3) is 0 Å². The summed E-state index contributed by atoms with van der Waals surface area (Å²) in [4.78, 5) is 47.5. The highest BCUT2D eigenvalue weighted by Gasteiger charge is 2.22. The number of benzene rings is 2. The molecular weight excluding hydrogens is 598 g/mol. The number of imidazole rings is 1. The molecule has 4 N–H and O–H groups in total. The maximum Gasteiger partial charge on any atom is 0.407 e. The molecule has 0 saturated heterocycles. The average molecular weight is 642 g/mol. The van der Waals surface area contributed by atoms with Gasteiger partial charge in [0, 0.05) is 37.5 Å². The molecule has 2 heterocycles. The van der Waals surface area contributed by atoms with Crippen molar-refractivity contribution >= 4 is 23.6 Å². The Bertz CT molecular complexity index is 1590. The summed E-state index contributed by atoms with van der Waals surface area (Å²) in [5.41, 5.74) is 5.54. The summed E-state index contributed by atoms with van der Waals surface area (Å²) >= 11 is 0. The van der Waals surface area contributed by atoms with E-state index < -0.39 is 6.09 Å². The van der Waals surface area contributed by atoms with E-state index in [0.29, 0.717) is 26.2 Å². The van der Waals surface area contributed by atoms with E-state index in [1.807, 2.05) is 68.6 Å². The maximum absolute atomic E-state index is 12.6. The van der Waals surface area contributed by atoms with Crippen molar-refractivity contribution in [3.63, 3.8) is 0 Å². The first-order valence-electron chi connectivity index (χ1n) is 15.7. The molecule has 47 heavy (non-hydrogen) atoms. The number of ether oxygens (including phenoxy) is 2. The van der Waals surface area contributed by atoms with Crippen LogP contribution in [0.5, 0.6) is 0 Å². The van der Waals surface area contributed by atoms with E-state index in [1.165, 1.54) is 14.2 Å². The van der Waals surface area contributed by atoms with Crippen LogP contribution in [0, 0.1) is 11.8 Å². The summed E-state index contributed by atoms with van der Waals surface area (Å²) in [6, 6.07) is 15.9. The zero-order chi connectivity index (χ0) is 33.6. The number of methoxy groups -OCH3 is 2. The van der Waals surface area contributed by atoms with Gasteiger partial charge in [0.15, 0.2) is 0 Å². The molecule has 0 spiro atoms. The molecule has 1 atom stereocenters. The van der Waals surface area contributed by atoms with Crippen molar-refractivity contribution in [3.8, 4) is 23.1 Å². The predicted molar refractivity (Wildman–Crippen MR) is 179 cm³/mol. The van der Waals surface area contributed by atoms with Crippen LogP contribution in [-0.4, -0.2) is 90.8 Å². The van der Waals surface area contributed by atoms with E-state index in [9.17, 15) is 14.4 Å². The molecule has 248 valence electrons. The molecule has 0 radical (unpaired) electrons. The Morgan fingerprint density at radius 3 is 2.15 bits per heavy atom. The number of carbonyl (C=O) groups excluding carboxylic acids is 3. The number of aromatic nitrogens is 2. The van der Waals surface area contributed by atoms with Crippen LogP contribution >= 0.6 is 0 Å². The van der Waals surface area contributed by atoms with Crippen LogP contribution in [0.1, 0.15) is 49.2 Å². The van der Waals surface area contributed by atoms with Gasteiger partial charge in [0.05, 0.1) is 37.8 Å². The molecule has 3 amide bonds. The molecule has 1 unspecified atom stereocenters. The van der Waals surface area contributed by atoms with Crippen LogP contribution in [0.2, 0.25) is 0 Å². The Morgan fingerprint density at radius 1 is 0.894 bits per heavy atom. The first-order chi connectivity index (χ1) is 22.8. The number of amides is 3. The normalized spacial score (nSPS) is 13.4.